The number of hydrogen-bond acceptors (Lipinski definition) is 3. The minimum Gasteiger partial charge on any atom is -0.325 e. The van der Waals surface area contributed by atoms with Gasteiger partial charge in [0, 0.05) is 21.3 Å². The van der Waals surface area contributed by atoms with Crippen molar-refractivity contribution in [2.75, 3.05) is 11.9 Å². The molecule has 1 unspecified atom stereocenters. The fourth-order valence-electron chi connectivity index (χ4n) is 2.99. The first-order valence-electron chi connectivity index (χ1n) is 8.17. The second-order valence-corrected chi connectivity index (χ2v) is 7.33. The molecule has 0 spiro atoms. The van der Waals surface area contributed by atoms with Crippen molar-refractivity contribution < 1.29 is 14.4 Å². The Kier molecular flexibility index (Phi) is 5.13. The third-order valence-corrected chi connectivity index (χ3v) is 4.90. The van der Waals surface area contributed by atoms with Gasteiger partial charge in [-0.1, -0.05) is 41.4 Å². The van der Waals surface area contributed by atoms with Crippen molar-refractivity contribution in [2.24, 2.45) is 0 Å². The largest absolute Gasteiger partial charge is 0.325 e. The third kappa shape index (κ3) is 3.77. The number of benzene rings is 2. The molecule has 1 aliphatic rings. The Morgan fingerprint density at radius 1 is 1.19 bits per heavy atom. The first-order chi connectivity index (χ1) is 12.7. The van der Waals surface area contributed by atoms with E-state index in [1.165, 1.54) is 6.07 Å². The number of hydrogen-bond donors (Lipinski definition) is 2. The minimum atomic E-state index is -1.37. The monoisotopic (exact) mass is 405 g/mol. The van der Waals surface area contributed by atoms with E-state index in [1.807, 2.05) is 13.0 Å². The molecule has 1 saturated heterocycles. The van der Waals surface area contributed by atoms with E-state index in [0.29, 0.717) is 16.3 Å². The van der Waals surface area contributed by atoms with Crippen LogP contribution >= 0.6 is 23.2 Å². The quantitative estimate of drug-likeness (QED) is 0.760. The lowest BCUT2D eigenvalue weighted by molar-refractivity contribution is -0.133. The van der Waals surface area contributed by atoms with Gasteiger partial charge < -0.3 is 10.6 Å². The maximum Gasteiger partial charge on any atom is 0.325 e. The number of halogens is 2. The van der Waals surface area contributed by atoms with Gasteiger partial charge >= 0.3 is 6.03 Å². The molecule has 6 nitrogen and oxygen atoms in total. The molecule has 3 rings (SSSR count). The van der Waals surface area contributed by atoms with Gasteiger partial charge in [-0.25, -0.2) is 4.79 Å². The van der Waals surface area contributed by atoms with Gasteiger partial charge in [-0.2, -0.15) is 0 Å². The first kappa shape index (κ1) is 19.2. The van der Waals surface area contributed by atoms with Crippen LogP contribution in [0.2, 0.25) is 10.0 Å². The molecule has 0 bridgehead atoms. The van der Waals surface area contributed by atoms with Gasteiger partial charge in [-0.15, -0.1) is 0 Å². The zero-order chi connectivity index (χ0) is 19.8. The predicted molar refractivity (Wildman–Crippen MR) is 104 cm³/mol. The van der Waals surface area contributed by atoms with E-state index in [2.05, 4.69) is 10.6 Å². The average molecular weight is 406 g/mol. The highest BCUT2D eigenvalue weighted by atomic mass is 35.5. The van der Waals surface area contributed by atoms with Crippen LogP contribution in [0.15, 0.2) is 42.5 Å². The van der Waals surface area contributed by atoms with E-state index in [-0.39, 0.29) is 5.02 Å². The molecule has 8 heteroatoms. The summed E-state index contributed by atoms with van der Waals surface area (Å²) in [6, 6.07) is 11.2. The van der Waals surface area contributed by atoms with Crippen LogP contribution in [-0.2, 0) is 15.1 Å². The Labute approximate surface area is 166 Å². The van der Waals surface area contributed by atoms with Crippen LogP contribution in [0.5, 0.6) is 0 Å². The van der Waals surface area contributed by atoms with Crippen LogP contribution < -0.4 is 10.6 Å². The second kappa shape index (κ2) is 7.21. The number of anilines is 1. The molecule has 2 aromatic carbocycles. The molecule has 27 heavy (non-hydrogen) atoms. The number of rotatable bonds is 4. The summed E-state index contributed by atoms with van der Waals surface area (Å²) in [6.45, 7) is 3.04. The highest BCUT2D eigenvalue weighted by molar-refractivity contribution is 6.35. The highest BCUT2D eigenvalue weighted by Gasteiger charge is 2.50. The smallest absolute Gasteiger partial charge is 0.325 e. The highest BCUT2D eigenvalue weighted by Crippen LogP contribution is 2.34. The number of imide groups is 1. The normalized spacial score (nSPS) is 19.2. The molecule has 1 fully saturated rings. The van der Waals surface area contributed by atoms with Crippen molar-refractivity contribution in [3.8, 4) is 0 Å². The van der Waals surface area contributed by atoms with Crippen molar-refractivity contribution in [1.29, 1.82) is 0 Å². The number of nitrogens with zero attached hydrogens (tertiary/aromatic N) is 1. The van der Waals surface area contributed by atoms with E-state index in [9.17, 15) is 14.4 Å². The summed E-state index contributed by atoms with van der Waals surface area (Å²) >= 11 is 12.1. The molecule has 0 saturated carbocycles. The maximum atomic E-state index is 12.9. The maximum absolute atomic E-state index is 12.9. The van der Waals surface area contributed by atoms with Crippen LogP contribution in [0.4, 0.5) is 10.5 Å². The summed E-state index contributed by atoms with van der Waals surface area (Å²) in [5.74, 6) is -1.04. The summed E-state index contributed by atoms with van der Waals surface area (Å²) in [5.41, 5.74) is 0.611. The number of urea groups is 1. The Balaban J connectivity index is 1.78. The third-order valence-electron chi connectivity index (χ3n) is 4.35. The SMILES string of the molecule is Cc1cccc(NC(=O)CN2C(=O)NC(C)(c3ccc(Cl)cc3Cl)C2=O)c1. The molecular weight excluding hydrogens is 389 g/mol. The summed E-state index contributed by atoms with van der Waals surface area (Å²) in [7, 11) is 0. The lowest BCUT2D eigenvalue weighted by Gasteiger charge is -2.23. The lowest BCUT2D eigenvalue weighted by Crippen LogP contribution is -2.42. The van der Waals surface area contributed by atoms with E-state index < -0.39 is 29.9 Å². The van der Waals surface area contributed by atoms with E-state index in [0.717, 1.165) is 10.5 Å². The first-order valence-corrected chi connectivity index (χ1v) is 8.92. The number of nitrogens with one attached hydrogen (secondary N) is 2. The molecule has 0 aromatic heterocycles. The van der Waals surface area contributed by atoms with Crippen LogP contribution in [0, 0.1) is 6.92 Å². The average Bonchev–Trinajstić information content (AvgIpc) is 2.78. The molecule has 140 valence electrons. The van der Waals surface area contributed by atoms with Crippen LogP contribution in [0.1, 0.15) is 18.1 Å². The van der Waals surface area contributed by atoms with Crippen LogP contribution in [0.3, 0.4) is 0 Å². The lowest BCUT2D eigenvalue weighted by atomic mass is 9.92. The second-order valence-electron chi connectivity index (χ2n) is 6.49. The van der Waals surface area contributed by atoms with Crippen molar-refractivity contribution in [2.45, 2.75) is 19.4 Å². The summed E-state index contributed by atoms with van der Waals surface area (Å²) in [6.07, 6.45) is 0. The molecule has 0 aliphatic carbocycles. The fraction of sp³-hybridized carbons (Fsp3) is 0.211. The van der Waals surface area contributed by atoms with Crippen molar-refractivity contribution in [1.82, 2.24) is 10.2 Å². The zero-order valence-corrected chi connectivity index (χ0v) is 16.2. The van der Waals surface area contributed by atoms with Gasteiger partial charge in [0.2, 0.25) is 5.91 Å². The van der Waals surface area contributed by atoms with E-state index in [4.69, 9.17) is 23.2 Å². The van der Waals surface area contributed by atoms with Crippen LogP contribution in [0.25, 0.3) is 0 Å². The molecule has 1 heterocycles. The van der Waals surface area contributed by atoms with Crippen molar-refractivity contribution in [3.05, 3.63) is 63.6 Å². The Hall–Kier alpha value is -2.57. The summed E-state index contributed by atoms with van der Waals surface area (Å²) < 4.78 is 0. The molecule has 4 amide bonds. The number of carbonyl (C=O) groups excluding carboxylic acids is 3. The topological polar surface area (TPSA) is 78.5 Å². The predicted octanol–water partition coefficient (Wildman–Crippen LogP) is 3.71. The zero-order valence-electron chi connectivity index (χ0n) is 14.7. The van der Waals surface area contributed by atoms with Gasteiger partial charge in [0.25, 0.3) is 5.91 Å². The van der Waals surface area contributed by atoms with Crippen molar-refractivity contribution >= 4 is 46.7 Å². The molecule has 0 radical (unpaired) electrons. The standard InChI is InChI=1S/C19H17Cl2N3O3/c1-11-4-3-5-13(8-11)22-16(25)10-24-17(26)19(2,23-18(24)27)14-7-6-12(20)9-15(14)21/h3-9H,10H2,1-2H3,(H,22,25)(H,23,27). The van der Waals surface area contributed by atoms with Gasteiger partial charge in [0.1, 0.15) is 12.1 Å². The Morgan fingerprint density at radius 3 is 2.59 bits per heavy atom. The Morgan fingerprint density at radius 2 is 1.93 bits per heavy atom. The van der Waals surface area contributed by atoms with Gasteiger partial charge in [0.05, 0.1) is 0 Å². The van der Waals surface area contributed by atoms with E-state index >= 15 is 0 Å². The van der Waals surface area contributed by atoms with Gasteiger partial charge in [-0.05, 0) is 43.7 Å². The molecular formula is C19H17Cl2N3O3. The van der Waals surface area contributed by atoms with Crippen LogP contribution in [-0.4, -0.2) is 29.3 Å². The van der Waals surface area contributed by atoms with E-state index in [1.54, 1.807) is 37.3 Å². The Bertz CT molecular complexity index is 948. The molecule has 1 atom stereocenters. The number of aryl methyl sites for hydroxylation is 1. The number of amides is 4. The summed E-state index contributed by atoms with van der Waals surface area (Å²) in [5, 5.41) is 5.96. The van der Waals surface area contributed by atoms with Gasteiger partial charge in [-0.3, -0.25) is 14.5 Å². The summed E-state index contributed by atoms with van der Waals surface area (Å²) in [4.78, 5) is 38.4. The number of carbonyl (C=O) groups is 3. The molecule has 2 N–H and O–H groups in total. The minimum absolute atomic E-state index is 0.254. The van der Waals surface area contributed by atoms with Gasteiger partial charge in [0.15, 0.2) is 0 Å². The molecule has 2 aromatic rings. The fourth-order valence-corrected chi connectivity index (χ4v) is 3.58. The molecule has 1 aliphatic heterocycles. The van der Waals surface area contributed by atoms with Crippen molar-refractivity contribution in [3.63, 3.8) is 0 Å².